The van der Waals surface area contributed by atoms with Crippen LogP contribution in [0.1, 0.15) is 39.4 Å². The molecule has 32 heavy (non-hydrogen) atoms. The first kappa shape index (κ1) is 24.6. The maximum Gasteiger partial charge on any atom is 0.355 e. The summed E-state index contributed by atoms with van der Waals surface area (Å²) in [5.74, 6) is -4.60. The lowest BCUT2D eigenvalue weighted by Gasteiger charge is -2.30. The molecule has 1 aromatic rings. The van der Waals surface area contributed by atoms with Gasteiger partial charge in [-0.2, -0.15) is 0 Å². The van der Waals surface area contributed by atoms with Crippen LogP contribution in [0, 0.1) is 0 Å². The largest absolute Gasteiger partial charge is 0.463 e. The number of carbonyl (C=O) groups excluding carboxylic acids is 4. The molecule has 2 rings (SSSR count). The van der Waals surface area contributed by atoms with Crippen molar-refractivity contribution in [1.29, 1.82) is 0 Å². The predicted octanol–water partition coefficient (Wildman–Crippen LogP) is 0.868. The molecule has 0 radical (unpaired) electrons. The minimum absolute atomic E-state index is 0.00884. The van der Waals surface area contributed by atoms with Gasteiger partial charge in [0, 0.05) is 19.4 Å². The molecule has 0 amide bonds. The molecule has 1 aliphatic rings. The Morgan fingerprint density at radius 2 is 1.22 bits per heavy atom. The number of hydrogen-bond donors (Lipinski definition) is 1. The van der Waals surface area contributed by atoms with Crippen molar-refractivity contribution in [2.24, 2.45) is 7.05 Å². The first-order valence-electron chi connectivity index (χ1n) is 10.2. The number of hydrogen-bond acceptors (Lipinski definition) is 10. The summed E-state index contributed by atoms with van der Waals surface area (Å²) in [6.07, 6.45) is 3.05. The minimum Gasteiger partial charge on any atom is -0.463 e. The lowest BCUT2D eigenvalue weighted by Crippen LogP contribution is -2.40. The highest BCUT2D eigenvalue weighted by Gasteiger charge is 2.45. The van der Waals surface area contributed by atoms with E-state index in [-0.39, 0.29) is 54.8 Å². The van der Waals surface area contributed by atoms with Gasteiger partial charge in [-0.3, -0.25) is 0 Å². The highest BCUT2D eigenvalue weighted by molar-refractivity contribution is 6.10. The van der Waals surface area contributed by atoms with Gasteiger partial charge in [-0.1, -0.05) is 0 Å². The molecule has 0 fully saturated rings. The monoisotopic (exact) mass is 449 g/mol. The summed E-state index contributed by atoms with van der Waals surface area (Å²) >= 11 is 0. The van der Waals surface area contributed by atoms with E-state index < -0.39 is 29.8 Å². The summed E-state index contributed by atoms with van der Waals surface area (Å²) in [6, 6.07) is 0. The molecule has 0 aliphatic carbocycles. The van der Waals surface area contributed by atoms with Gasteiger partial charge in [-0.15, -0.1) is 0 Å². The molecule has 0 atom stereocenters. The Bertz CT molecular complexity index is 904. The second-order valence-electron chi connectivity index (χ2n) is 6.41. The number of aryl methyl sites for hydroxylation is 1. The normalized spacial score (nSPS) is 14.0. The third-order valence-corrected chi connectivity index (χ3v) is 4.43. The van der Waals surface area contributed by atoms with Crippen molar-refractivity contribution in [2.45, 2.75) is 33.6 Å². The van der Waals surface area contributed by atoms with Crippen LogP contribution in [0.4, 0.5) is 0 Å². The zero-order chi connectivity index (χ0) is 23.8. The molecule has 1 N–H and O–H groups in total. The number of ether oxygens (including phenoxy) is 4. The summed E-state index contributed by atoms with van der Waals surface area (Å²) in [5.41, 5.74) is -1.13. The van der Waals surface area contributed by atoms with Crippen LogP contribution in [0.2, 0.25) is 0 Å². The van der Waals surface area contributed by atoms with Gasteiger partial charge in [-0.25, -0.2) is 24.2 Å². The molecule has 0 saturated carbocycles. The van der Waals surface area contributed by atoms with E-state index in [2.05, 4.69) is 10.3 Å². The van der Waals surface area contributed by atoms with E-state index in [0.29, 0.717) is 0 Å². The Balaban J connectivity index is 2.89. The van der Waals surface area contributed by atoms with Gasteiger partial charge < -0.3 is 28.8 Å². The van der Waals surface area contributed by atoms with Gasteiger partial charge >= 0.3 is 23.9 Å². The summed E-state index contributed by atoms with van der Waals surface area (Å²) < 4.78 is 22.1. The second-order valence-corrected chi connectivity index (χ2v) is 6.41. The molecular formula is C21H27N3O8. The van der Waals surface area contributed by atoms with Gasteiger partial charge in [-0.05, 0) is 27.7 Å². The average Bonchev–Trinajstić information content (AvgIpc) is 3.18. The van der Waals surface area contributed by atoms with Gasteiger partial charge in [0.2, 0.25) is 0 Å². The van der Waals surface area contributed by atoms with Crippen molar-refractivity contribution < 1.29 is 38.1 Å². The zero-order valence-electron chi connectivity index (χ0n) is 18.7. The van der Waals surface area contributed by atoms with Gasteiger partial charge in [0.05, 0.1) is 43.5 Å². The first-order chi connectivity index (χ1) is 15.3. The summed E-state index contributed by atoms with van der Waals surface area (Å²) in [6.45, 7) is 6.42. The fourth-order valence-electron chi connectivity index (χ4n) is 3.19. The Labute approximate surface area is 185 Å². The fourth-order valence-corrected chi connectivity index (χ4v) is 3.19. The number of esters is 4. The van der Waals surface area contributed by atoms with Crippen LogP contribution in [-0.2, 0) is 45.2 Å². The lowest BCUT2D eigenvalue weighted by molar-refractivity contribution is -0.144. The molecule has 174 valence electrons. The van der Waals surface area contributed by atoms with Crippen LogP contribution in [0.15, 0.2) is 34.9 Å². The van der Waals surface area contributed by atoms with E-state index in [0.717, 1.165) is 0 Å². The molecule has 1 aliphatic heterocycles. The number of imidazole rings is 1. The van der Waals surface area contributed by atoms with E-state index in [1.165, 1.54) is 6.20 Å². The average molecular weight is 449 g/mol. The van der Waals surface area contributed by atoms with E-state index >= 15 is 0 Å². The Hall–Kier alpha value is -3.63. The molecule has 0 spiro atoms. The number of rotatable bonds is 9. The predicted molar refractivity (Wildman–Crippen MR) is 110 cm³/mol. The van der Waals surface area contributed by atoms with Crippen molar-refractivity contribution in [3.8, 4) is 0 Å². The quantitative estimate of drug-likeness (QED) is 0.427. The molecule has 0 bridgehead atoms. The van der Waals surface area contributed by atoms with Crippen LogP contribution >= 0.6 is 0 Å². The number of nitrogens with one attached hydrogen (secondary N) is 1. The minimum atomic E-state index is -1.26. The van der Waals surface area contributed by atoms with E-state index in [4.69, 9.17) is 18.9 Å². The number of dihydropyridines is 1. The molecule has 0 saturated heterocycles. The highest BCUT2D eigenvalue weighted by atomic mass is 16.5. The number of aromatic nitrogens is 2. The van der Waals surface area contributed by atoms with Crippen molar-refractivity contribution in [2.75, 3.05) is 26.4 Å². The highest BCUT2D eigenvalue weighted by Crippen LogP contribution is 2.39. The van der Waals surface area contributed by atoms with Gasteiger partial charge in [0.25, 0.3) is 0 Å². The summed E-state index contributed by atoms with van der Waals surface area (Å²) in [7, 11) is 1.64. The lowest BCUT2D eigenvalue weighted by atomic mass is 9.84. The Morgan fingerprint density at radius 3 is 1.56 bits per heavy atom. The van der Waals surface area contributed by atoms with Crippen molar-refractivity contribution in [3.63, 3.8) is 0 Å². The number of carbonyl (C=O) groups is 4. The van der Waals surface area contributed by atoms with Crippen molar-refractivity contribution in [1.82, 2.24) is 14.9 Å². The molecule has 1 aromatic heterocycles. The third-order valence-electron chi connectivity index (χ3n) is 4.43. The Kier molecular flexibility index (Phi) is 8.56. The van der Waals surface area contributed by atoms with E-state index in [9.17, 15) is 19.2 Å². The molecule has 11 heteroatoms. The standard InChI is InChI=1S/C21H27N3O8/c1-6-29-18(25)13-12(17-22-10-11-24(17)5)14(19(26)30-7-2)16(21(28)32-9-4)23-15(13)20(27)31-8-3/h10-12,23H,6-9H2,1-5H3. The van der Waals surface area contributed by atoms with Crippen LogP contribution in [0.25, 0.3) is 0 Å². The SMILES string of the molecule is CCOC(=O)C1=C(C(=O)OCC)C(c2nccn2C)C(C(=O)OCC)=C(C(=O)OCC)N1. The maximum atomic E-state index is 13.0. The first-order valence-corrected chi connectivity index (χ1v) is 10.2. The molecular weight excluding hydrogens is 422 g/mol. The maximum absolute atomic E-state index is 13.0. The molecule has 11 nitrogen and oxygen atoms in total. The molecule has 0 unspecified atom stereocenters. The van der Waals surface area contributed by atoms with E-state index in [1.807, 2.05) is 0 Å². The summed E-state index contributed by atoms with van der Waals surface area (Å²) in [5, 5.41) is 2.58. The second kappa shape index (κ2) is 11.1. The number of nitrogens with zero attached hydrogens (tertiary/aromatic N) is 2. The fraction of sp³-hybridized carbons (Fsp3) is 0.476. The molecule has 0 aromatic carbocycles. The summed E-state index contributed by atoms with van der Waals surface area (Å²) in [4.78, 5) is 55.8. The zero-order valence-corrected chi connectivity index (χ0v) is 18.7. The van der Waals surface area contributed by atoms with Crippen molar-refractivity contribution in [3.05, 3.63) is 40.8 Å². The van der Waals surface area contributed by atoms with Gasteiger partial charge in [0.15, 0.2) is 0 Å². The topological polar surface area (TPSA) is 135 Å². The van der Waals surface area contributed by atoms with E-state index in [1.54, 1.807) is 45.5 Å². The van der Waals surface area contributed by atoms with Crippen LogP contribution in [-0.4, -0.2) is 59.9 Å². The van der Waals surface area contributed by atoms with Gasteiger partial charge in [0.1, 0.15) is 17.2 Å². The van der Waals surface area contributed by atoms with Crippen LogP contribution in [0.3, 0.4) is 0 Å². The third kappa shape index (κ3) is 4.98. The van der Waals surface area contributed by atoms with Crippen molar-refractivity contribution >= 4 is 23.9 Å². The molecule has 2 heterocycles. The Morgan fingerprint density at radius 1 is 0.812 bits per heavy atom. The van der Waals surface area contributed by atoms with Crippen LogP contribution < -0.4 is 5.32 Å². The van der Waals surface area contributed by atoms with Crippen LogP contribution in [0.5, 0.6) is 0 Å². The smallest absolute Gasteiger partial charge is 0.355 e.